The molecule has 1 aromatic heterocycles. The highest BCUT2D eigenvalue weighted by Crippen LogP contribution is 1.80. The molecule has 110 valence electrons. The maximum atomic E-state index is 3.85. The van der Waals surface area contributed by atoms with Crippen molar-refractivity contribution in [1.29, 1.82) is 0 Å². The maximum Gasteiger partial charge on any atom is 0.0573 e. The summed E-state index contributed by atoms with van der Waals surface area (Å²) in [5.41, 5.74) is 0. The highest BCUT2D eigenvalue weighted by atomic mass is 14.7. The fourth-order valence-electron chi connectivity index (χ4n) is 1.00. The molecule has 2 aromatic rings. The lowest BCUT2D eigenvalue weighted by Gasteiger charge is -1.70. The Morgan fingerprint density at radius 3 is 1.20 bits per heavy atom. The first-order chi connectivity index (χ1) is 8.50. The summed E-state index contributed by atoms with van der Waals surface area (Å²) in [6.07, 6.45) is 9.26. The molecule has 2 heteroatoms. The van der Waals surface area contributed by atoms with Gasteiger partial charge < -0.3 is 0 Å². The summed E-state index contributed by atoms with van der Waals surface area (Å²) in [5.74, 6) is 0. The molecular weight excluding hydrogens is 244 g/mol. The Kier molecular flexibility index (Phi) is 21.9. The largest absolute Gasteiger partial charge is 0.289 e. The third-order valence-electron chi connectivity index (χ3n) is 1.77. The van der Waals surface area contributed by atoms with E-state index in [-0.39, 0.29) is 22.3 Å². The van der Waals surface area contributed by atoms with Gasteiger partial charge in [-0.15, -0.1) is 0 Å². The minimum atomic E-state index is 0. The SMILES string of the molecule is C.C.C.C1=CCN=C1.c1ccccc1.c1ccncc1. The average Bonchev–Trinajstić information content (AvgIpc) is 3.03. The van der Waals surface area contributed by atoms with Gasteiger partial charge in [-0.3, -0.25) is 9.98 Å². The van der Waals surface area contributed by atoms with E-state index in [0.717, 1.165) is 6.54 Å². The van der Waals surface area contributed by atoms with Crippen molar-refractivity contribution >= 4 is 6.21 Å². The van der Waals surface area contributed by atoms with Crippen LogP contribution in [0.4, 0.5) is 0 Å². The van der Waals surface area contributed by atoms with E-state index in [1.165, 1.54) is 0 Å². The van der Waals surface area contributed by atoms with Crippen LogP contribution in [0.25, 0.3) is 0 Å². The third kappa shape index (κ3) is 15.8. The molecule has 3 rings (SSSR count). The van der Waals surface area contributed by atoms with Crippen LogP contribution in [0.15, 0.2) is 84.1 Å². The van der Waals surface area contributed by atoms with E-state index in [9.17, 15) is 0 Å². The number of pyridine rings is 1. The van der Waals surface area contributed by atoms with Gasteiger partial charge >= 0.3 is 0 Å². The monoisotopic (exact) mass is 272 g/mol. The van der Waals surface area contributed by atoms with Crippen LogP contribution in [0, 0.1) is 0 Å². The molecule has 2 heterocycles. The molecule has 2 nitrogen and oxygen atoms in total. The van der Waals surface area contributed by atoms with Gasteiger partial charge in [0.25, 0.3) is 0 Å². The number of hydrogen-bond donors (Lipinski definition) is 0. The summed E-state index contributed by atoms with van der Waals surface area (Å²) in [6.45, 7) is 0.889. The van der Waals surface area contributed by atoms with Gasteiger partial charge in [0.1, 0.15) is 0 Å². The summed E-state index contributed by atoms with van der Waals surface area (Å²) < 4.78 is 0. The molecule has 0 atom stereocenters. The number of benzene rings is 1. The van der Waals surface area contributed by atoms with Crippen LogP contribution in [0.2, 0.25) is 0 Å². The zero-order valence-corrected chi connectivity index (χ0v) is 9.68. The zero-order valence-electron chi connectivity index (χ0n) is 9.68. The molecule has 0 unspecified atom stereocenters. The Labute approximate surface area is 124 Å². The number of aromatic nitrogens is 1. The van der Waals surface area contributed by atoms with Crippen LogP contribution in [-0.4, -0.2) is 17.7 Å². The summed E-state index contributed by atoms with van der Waals surface area (Å²) in [4.78, 5) is 7.63. The van der Waals surface area contributed by atoms with Crippen molar-refractivity contribution < 1.29 is 0 Å². The second kappa shape index (κ2) is 19.1. The Morgan fingerprint density at radius 1 is 0.600 bits per heavy atom. The Bertz CT molecular complexity index is 313. The molecule has 0 fully saturated rings. The molecule has 0 spiro atoms. The second-order valence-corrected chi connectivity index (χ2v) is 3.12. The molecule has 1 aromatic carbocycles. The smallest absolute Gasteiger partial charge is 0.0573 e. The van der Waals surface area contributed by atoms with Gasteiger partial charge in [-0.05, 0) is 18.2 Å². The predicted molar refractivity (Wildman–Crippen MR) is 93.4 cm³/mol. The van der Waals surface area contributed by atoms with E-state index < -0.39 is 0 Å². The number of nitrogens with zero attached hydrogens (tertiary/aromatic N) is 2. The fourth-order valence-corrected chi connectivity index (χ4v) is 1.00. The Hall–Kier alpha value is -2.22. The molecular formula is C18H28N2. The van der Waals surface area contributed by atoms with Crippen molar-refractivity contribution in [3.63, 3.8) is 0 Å². The first-order valence-electron chi connectivity index (χ1n) is 5.50. The maximum absolute atomic E-state index is 3.85. The van der Waals surface area contributed by atoms with E-state index in [1.807, 2.05) is 66.7 Å². The first kappa shape index (κ1) is 22.9. The van der Waals surface area contributed by atoms with Gasteiger partial charge in [-0.25, -0.2) is 0 Å². The zero-order chi connectivity index (χ0) is 12.0. The highest BCUT2D eigenvalue weighted by Gasteiger charge is 1.72. The van der Waals surface area contributed by atoms with Crippen molar-refractivity contribution in [3.8, 4) is 0 Å². The van der Waals surface area contributed by atoms with Gasteiger partial charge in [0.05, 0.1) is 6.54 Å². The molecule has 0 saturated carbocycles. The van der Waals surface area contributed by atoms with Gasteiger partial charge in [0.15, 0.2) is 0 Å². The lowest BCUT2D eigenvalue weighted by atomic mass is 10.4. The van der Waals surface area contributed by atoms with Crippen molar-refractivity contribution in [2.45, 2.75) is 22.3 Å². The highest BCUT2D eigenvalue weighted by molar-refractivity contribution is 5.73. The van der Waals surface area contributed by atoms with Gasteiger partial charge in [-0.2, -0.15) is 0 Å². The molecule has 0 N–H and O–H groups in total. The van der Waals surface area contributed by atoms with Crippen molar-refractivity contribution in [3.05, 3.63) is 79.1 Å². The Morgan fingerprint density at radius 2 is 1.05 bits per heavy atom. The van der Waals surface area contributed by atoms with Crippen LogP contribution in [-0.2, 0) is 0 Å². The van der Waals surface area contributed by atoms with Crippen molar-refractivity contribution in [2.75, 3.05) is 6.54 Å². The molecule has 0 radical (unpaired) electrons. The van der Waals surface area contributed by atoms with E-state index in [0.29, 0.717) is 0 Å². The minimum absolute atomic E-state index is 0. The van der Waals surface area contributed by atoms with Crippen LogP contribution < -0.4 is 0 Å². The second-order valence-electron chi connectivity index (χ2n) is 3.12. The normalized spacial score (nSPS) is 9.20. The summed E-state index contributed by atoms with van der Waals surface area (Å²) >= 11 is 0. The molecule has 0 aliphatic carbocycles. The topological polar surface area (TPSA) is 25.2 Å². The van der Waals surface area contributed by atoms with Gasteiger partial charge in [0.2, 0.25) is 0 Å². The minimum Gasteiger partial charge on any atom is -0.289 e. The van der Waals surface area contributed by atoms with E-state index in [2.05, 4.69) is 9.98 Å². The number of hydrogen-bond acceptors (Lipinski definition) is 2. The molecule has 1 aliphatic rings. The van der Waals surface area contributed by atoms with E-state index in [1.54, 1.807) is 18.6 Å². The van der Waals surface area contributed by atoms with Gasteiger partial charge in [-0.1, -0.05) is 70.8 Å². The molecule has 0 amide bonds. The number of rotatable bonds is 0. The summed E-state index contributed by atoms with van der Waals surface area (Å²) in [6, 6.07) is 17.7. The average molecular weight is 272 g/mol. The van der Waals surface area contributed by atoms with E-state index in [4.69, 9.17) is 0 Å². The standard InChI is InChI=1S/C6H6.C5H5N.C4H5N.3CH4/c2*1-2-4-6-5-3-1;1-2-4-5-3-1;;;/h1-6H;1-5H;1-3H,4H2;3*1H4. The van der Waals surface area contributed by atoms with Crippen molar-refractivity contribution in [1.82, 2.24) is 4.98 Å². The van der Waals surface area contributed by atoms with Gasteiger partial charge in [0, 0.05) is 18.6 Å². The predicted octanol–water partition coefficient (Wildman–Crippen LogP) is 5.30. The lowest BCUT2D eigenvalue weighted by molar-refractivity contribution is 1.29. The van der Waals surface area contributed by atoms with Crippen LogP contribution in [0.3, 0.4) is 0 Å². The number of aliphatic imine (C=N–C) groups is 1. The fraction of sp³-hybridized carbons (Fsp3) is 0.222. The quantitative estimate of drug-likeness (QED) is 0.638. The van der Waals surface area contributed by atoms with Crippen LogP contribution >= 0.6 is 0 Å². The molecule has 1 aliphatic heterocycles. The molecule has 0 saturated heterocycles. The summed E-state index contributed by atoms with van der Waals surface area (Å²) in [7, 11) is 0. The van der Waals surface area contributed by atoms with Crippen molar-refractivity contribution in [2.24, 2.45) is 4.99 Å². The molecule has 20 heavy (non-hydrogen) atoms. The lowest BCUT2D eigenvalue weighted by Crippen LogP contribution is -1.58. The van der Waals surface area contributed by atoms with Crippen LogP contribution in [0.1, 0.15) is 22.3 Å². The molecule has 0 bridgehead atoms. The summed E-state index contributed by atoms with van der Waals surface area (Å²) in [5, 5.41) is 0. The van der Waals surface area contributed by atoms with E-state index >= 15 is 0 Å². The Balaban J connectivity index is -0.000000202. The van der Waals surface area contributed by atoms with Crippen LogP contribution in [0.5, 0.6) is 0 Å². The number of allylic oxidation sites excluding steroid dienone is 1. The first-order valence-corrected chi connectivity index (χ1v) is 5.50. The third-order valence-corrected chi connectivity index (χ3v) is 1.77.